The minimum Gasteiger partial charge on any atom is -0.744 e. The summed E-state index contributed by atoms with van der Waals surface area (Å²) in [5.74, 6) is 1.31. The van der Waals surface area contributed by atoms with E-state index in [4.69, 9.17) is 4.42 Å². The Morgan fingerprint density at radius 3 is 2.14 bits per heavy atom. The van der Waals surface area contributed by atoms with Crippen LogP contribution in [0, 0.1) is 19.8 Å². The molecule has 1 amide bonds. The second kappa shape index (κ2) is 14.5. The number of aromatic nitrogens is 3. The highest BCUT2D eigenvalue weighted by atomic mass is 32.2. The van der Waals surface area contributed by atoms with Gasteiger partial charge in [-0.05, 0) is 44.0 Å². The quantitative estimate of drug-likeness (QED) is 0.190. The van der Waals surface area contributed by atoms with Crippen molar-refractivity contribution in [3.05, 3.63) is 89.5 Å². The average Bonchev–Trinajstić information content (AvgIpc) is 3.57. The molecule has 12 heteroatoms. The van der Waals surface area contributed by atoms with E-state index in [1.165, 1.54) is 17.7 Å². The van der Waals surface area contributed by atoms with Crippen LogP contribution in [-0.4, -0.2) is 65.7 Å². The summed E-state index contributed by atoms with van der Waals surface area (Å²) < 4.78 is 51.8. The van der Waals surface area contributed by atoms with E-state index < -0.39 is 16.2 Å². The van der Waals surface area contributed by atoms with Crippen molar-refractivity contribution < 1.29 is 31.1 Å². The predicted octanol–water partition coefficient (Wildman–Crippen LogP) is 4.81. The molecule has 2 aromatic carbocycles. The van der Waals surface area contributed by atoms with Crippen LogP contribution >= 0.6 is 0 Å². The fraction of sp³-hybridized carbons (Fsp3) is 0.387. The van der Waals surface area contributed by atoms with Crippen LogP contribution in [0.25, 0.3) is 11.3 Å². The summed E-state index contributed by atoms with van der Waals surface area (Å²) in [5, 5.41) is 11.4. The molecule has 0 radical (unpaired) electrons. The maximum absolute atomic E-state index is 13.0. The van der Waals surface area contributed by atoms with E-state index in [2.05, 4.69) is 15.6 Å². The van der Waals surface area contributed by atoms with Gasteiger partial charge in [0.05, 0.1) is 31.7 Å². The minimum absolute atomic E-state index is 0.0218. The van der Waals surface area contributed by atoms with E-state index in [-0.39, 0.29) is 29.9 Å². The van der Waals surface area contributed by atoms with Gasteiger partial charge < -0.3 is 18.8 Å². The Balaban J connectivity index is 0.000000386. The number of benzene rings is 2. The Morgan fingerprint density at radius 1 is 1.00 bits per heavy atom. The van der Waals surface area contributed by atoms with E-state index >= 15 is 0 Å². The van der Waals surface area contributed by atoms with Gasteiger partial charge in [0.1, 0.15) is 47.4 Å². The molecule has 0 aliphatic heterocycles. The molecule has 0 bridgehead atoms. The molecular weight excluding hydrogens is 573 g/mol. The zero-order chi connectivity index (χ0) is 31.8. The van der Waals surface area contributed by atoms with Crippen LogP contribution in [0.4, 0.5) is 4.39 Å². The van der Waals surface area contributed by atoms with Crippen LogP contribution in [0.1, 0.15) is 42.5 Å². The summed E-state index contributed by atoms with van der Waals surface area (Å²) in [5.41, 5.74) is 3.79. The number of rotatable bonds is 11. The summed E-state index contributed by atoms with van der Waals surface area (Å²) in [7, 11) is -0.353. The van der Waals surface area contributed by atoms with E-state index in [0.717, 1.165) is 22.6 Å². The Kier molecular flexibility index (Phi) is 11.4. The van der Waals surface area contributed by atoms with Gasteiger partial charge in [-0.1, -0.05) is 66.6 Å². The molecule has 0 saturated heterocycles. The second-order valence-corrected chi connectivity index (χ2v) is 12.9. The normalized spacial score (nSPS) is 12.5. The number of hydrogen-bond acceptors (Lipinski definition) is 7. The van der Waals surface area contributed by atoms with Crippen LogP contribution in [0.5, 0.6) is 0 Å². The Morgan fingerprint density at radius 2 is 1.58 bits per heavy atom. The number of nitrogens with zero attached hydrogens (tertiary/aromatic N) is 4. The number of amides is 1. The van der Waals surface area contributed by atoms with Crippen molar-refractivity contribution >= 4 is 16.0 Å². The van der Waals surface area contributed by atoms with Crippen LogP contribution < -0.4 is 5.32 Å². The fourth-order valence-electron chi connectivity index (χ4n) is 4.31. The van der Waals surface area contributed by atoms with Gasteiger partial charge in [0, 0.05) is 5.56 Å². The Hall–Kier alpha value is -3.87. The number of furan rings is 1. The highest BCUT2D eigenvalue weighted by Gasteiger charge is 2.26. The lowest BCUT2D eigenvalue weighted by molar-refractivity contribution is -0.904. The third-order valence-electron chi connectivity index (χ3n) is 6.78. The van der Waals surface area contributed by atoms with Crippen LogP contribution in [0.15, 0.2) is 76.2 Å². The van der Waals surface area contributed by atoms with Gasteiger partial charge in [-0.2, -0.15) is 0 Å². The summed E-state index contributed by atoms with van der Waals surface area (Å²) in [6.45, 7) is 8.73. The summed E-state index contributed by atoms with van der Waals surface area (Å²) in [6.07, 6.45) is 1.81. The highest BCUT2D eigenvalue weighted by molar-refractivity contribution is 7.85. The van der Waals surface area contributed by atoms with E-state index in [1.807, 2.05) is 84.4 Å². The maximum atomic E-state index is 13.0. The summed E-state index contributed by atoms with van der Waals surface area (Å²) in [6, 6.07) is 17.1. The van der Waals surface area contributed by atoms with Crippen molar-refractivity contribution in [2.75, 3.05) is 27.3 Å². The topological polar surface area (TPSA) is 130 Å². The highest BCUT2D eigenvalue weighted by Crippen LogP contribution is 2.22. The van der Waals surface area contributed by atoms with Crippen LogP contribution in [0.3, 0.4) is 0 Å². The second-order valence-electron chi connectivity index (χ2n) is 11.5. The molecule has 2 aromatic heterocycles. The first kappa shape index (κ1) is 33.6. The van der Waals surface area contributed by atoms with Crippen molar-refractivity contribution in [1.29, 1.82) is 0 Å². The lowest BCUT2D eigenvalue weighted by atomic mass is 10.0. The molecule has 0 fully saturated rings. The number of alkyl halides is 1. The molecule has 2 heterocycles. The molecule has 1 N–H and O–H groups in total. The largest absolute Gasteiger partial charge is 0.744 e. The molecule has 1 atom stereocenters. The SMILES string of the molecule is Cc1ccc(-c2cn([C@H](C(=O)NCc3ccc(C[N+](C)(C)CCF)o3)C(C)C)nn2)cc1.Cc1ccc(S(=O)(=O)[O-])cc1. The minimum atomic E-state index is -4.27. The lowest BCUT2D eigenvalue weighted by Crippen LogP contribution is -2.40. The number of quaternary nitrogens is 1. The molecule has 4 rings (SSSR count). The van der Waals surface area contributed by atoms with Crippen molar-refractivity contribution in [2.45, 2.75) is 51.7 Å². The van der Waals surface area contributed by atoms with Gasteiger partial charge in [0.25, 0.3) is 0 Å². The van der Waals surface area contributed by atoms with E-state index in [9.17, 15) is 22.2 Å². The molecule has 43 heavy (non-hydrogen) atoms. The number of halogens is 1. The van der Waals surface area contributed by atoms with Crippen LogP contribution in [0.2, 0.25) is 0 Å². The Bertz CT molecular complexity index is 1580. The van der Waals surface area contributed by atoms with Gasteiger partial charge in [-0.15, -0.1) is 5.10 Å². The molecular formula is C31H40FN5O5S. The van der Waals surface area contributed by atoms with Gasteiger partial charge in [-0.25, -0.2) is 17.5 Å². The molecule has 0 unspecified atom stereocenters. The first-order valence-electron chi connectivity index (χ1n) is 13.9. The number of carbonyl (C=O) groups excluding carboxylic acids is 1. The zero-order valence-electron chi connectivity index (χ0n) is 25.5. The molecule has 232 valence electrons. The van der Waals surface area contributed by atoms with E-state index in [1.54, 1.807) is 16.8 Å². The lowest BCUT2D eigenvalue weighted by Gasteiger charge is -2.27. The molecule has 10 nitrogen and oxygen atoms in total. The molecule has 0 saturated carbocycles. The first-order chi connectivity index (χ1) is 20.2. The van der Waals surface area contributed by atoms with Gasteiger partial charge >= 0.3 is 0 Å². The first-order valence-corrected chi connectivity index (χ1v) is 15.3. The number of hydrogen-bond donors (Lipinski definition) is 1. The van der Waals surface area contributed by atoms with Crippen molar-refractivity contribution in [1.82, 2.24) is 20.3 Å². The molecule has 4 aromatic rings. The Labute approximate surface area is 252 Å². The number of aryl methyl sites for hydroxylation is 2. The summed E-state index contributed by atoms with van der Waals surface area (Å²) >= 11 is 0. The third-order valence-corrected chi connectivity index (χ3v) is 7.63. The average molecular weight is 614 g/mol. The third kappa shape index (κ3) is 10.1. The fourth-order valence-corrected chi connectivity index (χ4v) is 4.78. The van der Waals surface area contributed by atoms with Crippen molar-refractivity contribution in [2.24, 2.45) is 5.92 Å². The summed E-state index contributed by atoms with van der Waals surface area (Å²) in [4.78, 5) is 12.8. The zero-order valence-corrected chi connectivity index (χ0v) is 26.3. The standard InChI is InChI=1S/C24H32FN5O2.C7H8O3S/c1-17(2)23(29-15-22(27-28-29)19-8-6-18(3)7-9-19)24(31)26-14-20-10-11-21(32-20)16-30(4,5)13-12-25;1-6-2-4-7(5-3-6)11(8,9)10/h6-11,15,17,23H,12-14,16H2,1-5H3;2-5H,1H3,(H,8,9,10)/t23-;/m0./s1. The number of nitrogens with one attached hydrogen (secondary N) is 1. The molecule has 0 aliphatic rings. The molecule has 0 aliphatic carbocycles. The van der Waals surface area contributed by atoms with Crippen LogP contribution in [-0.2, 0) is 28.0 Å². The smallest absolute Gasteiger partial charge is 0.245 e. The molecule has 0 spiro atoms. The van der Waals surface area contributed by atoms with Gasteiger partial charge in [0.2, 0.25) is 5.91 Å². The maximum Gasteiger partial charge on any atom is 0.245 e. The van der Waals surface area contributed by atoms with Crippen molar-refractivity contribution in [3.8, 4) is 11.3 Å². The van der Waals surface area contributed by atoms with E-state index in [0.29, 0.717) is 23.3 Å². The van der Waals surface area contributed by atoms with Gasteiger partial charge in [0.15, 0.2) is 5.76 Å². The predicted molar refractivity (Wildman–Crippen MR) is 160 cm³/mol. The monoisotopic (exact) mass is 613 g/mol. The van der Waals surface area contributed by atoms with Gasteiger partial charge in [-0.3, -0.25) is 4.79 Å². The number of carbonyl (C=O) groups is 1. The van der Waals surface area contributed by atoms with Crippen molar-refractivity contribution in [3.63, 3.8) is 0 Å².